The Morgan fingerprint density at radius 2 is 1.64 bits per heavy atom. The molecule has 0 unspecified atom stereocenters. The molecule has 5 aliphatic rings. The van der Waals surface area contributed by atoms with E-state index in [4.69, 9.17) is 33.2 Å². The van der Waals surface area contributed by atoms with Crippen molar-refractivity contribution in [3.63, 3.8) is 0 Å². The quantitative estimate of drug-likeness (QED) is 0.167. The topological polar surface area (TPSA) is 240 Å². The number of ketones is 1. The molecule has 2 bridgehead atoms. The number of aliphatic hydroxyl groups excluding tert-OH is 3. The average Bonchev–Trinajstić information content (AvgIpc) is 3.49. The minimum Gasteiger partial charge on any atom is -0.454 e. The van der Waals surface area contributed by atoms with Crippen molar-refractivity contribution >= 4 is 35.9 Å². The fourth-order valence-electron chi connectivity index (χ4n) is 9.89. The lowest BCUT2D eigenvalue weighted by molar-refractivity contribution is -0.345. The number of esters is 3. The van der Waals surface area contributed by atoms with Gasteiger partial charge in [0.1, 0.15) is 17.8 Å². The summed E-state index contributed by atoms with van der Waals surface area (Å²) in [7, 11) is 0. The van der Waals surface area contributed by atoms with Crippen LogP contribution in [0.3, 0.4) is 0 Å². The van der Waals surface area contributed by atoms with Crippen LogP contribution in [0.25, 0.3) is 0 Å². The molecule has 322 valence electrons. The van der Waals surface area contributed by atoms with Gasteiger partial charge < -0.3 is 53.8 Å². The third-order valence-corrected chi connectivity index (χ3v) is 12.4. The van der Waals surface area contributed by atoms with Crippen LogP contribution in [-0.2, 0) is 47.5 Å². The minimum absolute atomic E-state index is 0.0224. The number of nitrogens with one attached hydrogen (secondary N) is 1. The number of amides is 1. The lowest BCUT2D eigenvalue weighted by Crippen LogP contribution is -2.83. The number of rotatable bonds is 8. The molecule has 2 saturated heterocycles. The Kier molecular flexibility index (Phi) is 11.1. The lowest BCUT2D eigenvalue weighted by Gasteiger charge is -2.67. The Labute approximate surface area is 341 Å². The predicted molar refractivity (Wildman–Crippen MR) is 202 cm³/mol. The number of ether oxygens (including phenoxy) is 7. The van der Waals surface area contributed by atoms with Gasteiger partial charge in [-0.2, -0.15) is 0 Å². The van der Waals surface area contributed by atoms with E-state index in [0.29, 0.717) is 5.57 Å². The molecule has 1 aromatic carbocycles. The Bertz CT molecular complexity index is 1980. The molecule has 2 heterocycles. The first-order valence-corrected chi connectivity index (χ1v) is 19.4. The molecule has 17 heteroatoms. The fourth-order valence-corrected chi connectivity index (χ4v) is 9.89. The van der Waals surface area contributed by atoms with Gasteiger partial charge in [-0.3, -0.25) is 9.59 Å². The summed E-state index contributed by atoms with van der Waals surface area (Å²) in [4.78, 5) is 83.0. The maximum absolute atomic E-state index is 15.1. The molecule has 0 radical (unpaired) electrons. The Morgan fingerprint density at radius 1 is 1.00 bits per heavy atom. The molecular formula is C42H53NO16. The van der Waals surface area contributed by atoms with E-state index in [9.17, 15) is 39.3 Å². The van der Waals surface area contributed by atoms with E-state index < -0.39 is 118 Å². The molecule has 0 aromatic heterocycles. The first-order valence-electron chi connectivity index (χ1n) is 19.4. The Balaban J connectivity index is 1.57. The summed E-state index contributed by atoms with van der Waals surface area (Å²) < 4.78 is 41.8. The highest BCUT2D eigenvalue weighted by Crippen LogP contribution is 2.66. The molecule has 3 aliphatic carbocycles. The number of benzene rings is 1. The van der Waals surface area contributed by atoms with Gasteiger partial charge >= 0.3 is 30.2 Å². The number of fused-ring (bicyclic) bond motifs is 4. The van der Waals surface area contributed by atoms with Crippen molar-refractivity contribution in [3.8, 4) is 0 Å². The van der Waals surface area contributed by atoms with Crippen molar-refractivity contribution < 1.29 is 77.2 Å². The monoisotopic (exact) mass is 827 g/mol. The van der Waals surface area contributed by atoms with Crippen molar-refractivity contribution in [2.75, 3.05) is 6.61 Å². The molecule has 4 N–H and O–H groups in total. The van der Waals surface area contributed by atoms with E-state index in [2.05, 4.69) is 5.32 Å². The number of carbonyl (C=O) groups excluding carboxylic acids is 6. The number of hydrogen-bond donors (Lipinski definition) is 4. The van der Waals surface area contributed by atoms with Crippen LogP contribution in [0.2, 0.25) is 0 Å². The summed E-state index contributed by atoms with van der Waals surface area (Å²) in [6, 6.07) is 6.34. The van der Waals surface area contributed by atoms with Crippen LogP contribution in [0.15, 0.2) is 53.1 Å². The molecule has 1 aromatic rings. The predicted octanol–water partition coefficient (Wildman–Crippen LogP) is 3.01. The molecule has 12 atom stereocenters. The van der Waals surface area contributed by atoms with Gasteiger partial charge in [-0.1, -0.05) is 43.7 Å². The smallest absolute Gasteiger partial charge is 0.454 e. The third kappa shape index (κ3) is 6.98. The van der Waals surface area contributed by atoms with E-state index >= 15 is 4.79 Å². The van der Waals surface area contributed by atoms with Crippen molar-refractivity contribution in [1.29, 1.82) is 0 Å². The van der Waals surface area contributed by atoms with Crippen LogP contribution in [-0.4, -0.2) is 123 Å². The lowest BCUT2D eigenvalue weighted by atomic mass is 9.44. The highest BCUT2D eigenvalue weighted by Gasteiger charge is 2.83. The van der Waals surface area contributed by atoms with Crippen LogP contribution >= 0.6 is 0 Å². The number of allylic oxidation sites excluding steroid dienone is 1. The van der Waals surface area contributed by atoms with Crippen LogP contribution in [0.5, 0.6) is 0 Å². The molecule has 1 amide bonds. The highest BCUT2D eigenvalue weighted by molar-refractivity contribution is 5.94. The minimum atomic E-state index is -2.33. The van der Waals surface area contributed by atoms with Crippen LogP contribution in [0.1, 0.15) is 86.0 Å². The van der Waals surface area contributed by atoms with Gasteiger partial charge in [0.2, 0.25) is 5.60 Å². The van der Waals surface area contributed by atoms with Crippen molar-refractivity contribution in [2.45, 2.75) is 141 Å². The van der Waals surface area contributed by atoms with Gasteiger partial charge in [-0.15, -0.1) is 0 Å². The zero-order chi connectivity index (χ0) is 43.8. The number of alkyl carbamates (subject to hydrolysis) is 1. The molecule has 2 aliphatic heterocycles. The summed E-state index contributed by atoms with van der Waals surface area (Å²) >= 11 is 0. The van der Waals surface area contributed by atoms with Crippen LogP contribution in [0, 0.1) is 16.7 Å². The van der Waals surface area contributed by atoms with Crippen LogP contribution < -0.4 is 5.32 Å². The summed E-state index contributed by atoms with van der Waals surface area (Å²) in [6.07, 6.45) is -13.3. The maximum atomic E-state index is 15.1. The summed E-state index contributed by atoms with van der Waals surface area (Å²) in [6.45, 7) is 14.8. The standard InChI is InChI=1S/C42H53NO16/c1-19(2)16-23(43-36(51)58-38(5,6)7)27(46)35(50)54-29-20(3)26-28(47)31(48)40(10)24(45)17-25-41(18-53-25,57-21(4)44)30(40)33(55-34(49)22-14-12-11-13-15-22)42(39(26,8)9)32(29)56-37(52)59-42/h11-16,23-25,27-30,32-33,45-47H,17-18H2,1-10H3,(H,43,51)/t23-,24-,25+,27+,28+,29+,30-,32-,33-,40+,41-,42+/m0/s1. The van der Waals surface area contributed by atoms with E-state index in [1.807, 2.05) is 0 Å². The highest BCUT2D eigenvalue weighted by atomic mass is 16.8. The van der Waals surface area contributed by atoms with E-state index in [1.54, 1.807) is 52.8 Å². The second kappa shape index (κ2) is 15.0. The molecule has 6 rings (SSSR count). The fraction of sp³-hybridized carbons (Fsp3) is 0.619. The number of carbonyl (C=O) groups is 6. The first-order chi connectivity index (χ1) is 27.3. The van der Waals surface area contributed by atoms with E-state index in [1.165, 1.54) is 45.9 Å². The van der Waals surface area contributed by atoms with Gasteiger partial charge in [0.25, 0.3) is 0 Å². The Hall–Kier alpha value is -4.84. The van der Waals surface area contributed by atoms with E-state index in [0.717, 1.165) is 6.92 Å². The average molecular weight is 828 g/mol. The second-order valence-corrected chi connectivity index (χ2v) is 17.9. The van der Waals surface area contributed by atoms with Gasteiger partial charge in [-0.25, -0.2) is 19.2 Å². The summed E-state index contributed by atoms with van der Waals surface area (Å²) in [5, 5.41) is 38.2. The maximum Gasteiger partial charge on any atom is 0.509 e. The van der Waals surface area contributed by atoms with Crippen molar-refractivity contribution in [2.24, 2.45) is 16.7 Å². The number of Topliss-reactive ketones (excluding diaryl/α,β-unsaturated/α-hetero) is 1. The summed E-state index contributed by atoms with van der Waals surface area (Å²) in [5.41, 5.74) is -8.33. The second-order valence-electron chi connectivity index (χ2n) is 17.9. The zero-order valence-electron chi connectivity index (χ0n) is 34.7. The van der Waals surface area contributed by atoms with Crippen molar-refractivity contribution in [1.82, 2.24) is 5.32 Å². The van der Waals surface area contributed by atoms with Gasteiger partial charge in [-0.05, 0) is 71.7 Å². The number of aliphatic hydroxyl groups is 3. The molecule has 17 nitrogen and oxygen atoms in total. The molecule has 4 fully saturated rings. The first kappa shape index (κ1) is 43.7. The SMILES string of the molecule is CC(=O)O[C@@]12CO[C@@H]1C[C@H](O)[C@@]1(C)C(=O)[C@H](O)C3=C(C)[C@@H](OC(=O)[C@H](O)[C@H](C=C(C)C)NC(=O)OC(C)(C)C)[C@@H]4OC(=O)O[C@]4([C@@H](OC(=O)c4ccccc4)[C@H]21)C3(C)C. The zero-order valence-corrected chi connectivity index (χ0v) is 34.7. The van der Waals surface area contributed by atoms with Crippen LogP contribution in [0.4, 0.5) is 9.59 Å². The van der Waals surface area contributed by atoms with E-state index in [-0.39, 0.29) is 29.7 Å². The summed E-state index contributed by atoms with van der Waals surface area (Å²) in [5.74, 6) is -5.66. The normalized spacial score (nSPS) is 35.2. The van der Waals surface area contributed by atoms with Crippen molar-refractivity contribution in [3.05, 3.63) is 58.7 Å². The van der Waals surface area contributed by atoms with Gasteiger partial charge in [0.15, 0.2) is 35.8 Å². The number of hydrogen-bond acceptors (Lipinski definition) is 16. The Morgan fingerprint density at radius 3 is 2.20 bits per heavy atom. The molecule has 59 heavy (non-hydrogen) atoms. The largest absolute Gasteiger partial charge is 0.509 e. The van der Waals surface area contributed by atoms with Gasteiger partial charge in [0.05, 0.1) is 35.6 Å². The molecule has 2 saturated carbocycles. The van der Waals surface area contributed by atoms with Gasteiger partial charge in [0, 0.05) is 18.8 Å². The molecule has 1 spiro atoms. The molecular weight excluding hydrogens is 774 g/mol. The third-order valence-electron chi connectivity index (χ3n) is 12.4.